The van der Waals surface area contributed by atoms with Crippen molar-refractivity contribution in [2.75, 3.05) is 19.0 Å². The van der Waals surface area contributed by atoms with Crippen LogP contribution in [0.5, 0.6) is 0 Å². The Labute approximate surface area is 110 Å². The zero-order valence-corrected chi connectivity index (χ0v) is 11.0. The summed E-state index contributed by atoms with van der Waals surface area (Å²) in [5, 5.41) is 10.2. The molecule has 2 aromatic rings. The minimum Gasteiger partial charge on any atom is -0.347 e. The van der Waals surface area contributed by atoms with Crippen LogP contribution in [0.4, 0.5) is 5.95 Å². The number of aromatic nitrogens is 5. The summed E-state index contributed by atoms with van der Waals surface area (Å²) in [5.41, 5.74) is 1.01. The Morgan fingerprint density at radius 3 is 2.89 bits per heavy atom. The summed E-state index contributed by atoms with van der Waals surface area (Å²) in [7, 11) is 5.42. The molecule has 0 fully saturated rings. The van der Waals surface area contributed by atoms with Crippen LogP contribution in [0.25, 0.3) is 0 Å². The van der Waals surface area contributed by atoms with Crippen LogP contribution in [0, 0.1) is 0 Å². The predicted octanol–water partition coefficient (Wildman–Crippen LogP) is -0.399. The molecule has 1 N–H and O–H groups in total. The van der Waals surface area contributed by atoms with Gasteiger partial charge in [0.15, 0.2) is 5.69 Å². The van der Waals surface area contributed by atoms with Crippen molar-refractivity contribution in [3.05, 3.63) is 29.8 Å². The van der Waals surface area contributed by atoms with Gasteiger partial charge in [0.05, 0.1) is 18.4 Å². The highest BCUT2D eigenvalue weighted by atomic mass is 16.2. The lowest BCUT2D eigenvalue weighted by atomic mass is 10.3. The summed E-state index contributed by atoms with van der Waals surface area (Å²) < 4.78 is 1.48. The van der Waals surface area contributed by atoms with Gasteiger partial charge in [-0.3, -0.25) is 9.48 Å². The van der Waals surface area contributed by atoms with Gasteiger partial charge in [0.2, 0.25) is 5.95 Å². The number of amides is 1. The Balaban J connectivity index is 1.99. The number of hydrogen-bond donors (Lipinski definition) is 1. The number of carbonyl (C=O) groups is 1. The summed E-state index contributed by atoms with van der Waals surface area (Å²) in [6.45, 7) is 0.318. The Bertz CT molecular complexity index is 578. The molecule has 2 rings (SSSR count). The topological polar surface area (TPSA) is 88.8 Å². The maximum atomic E-state index is 11.8. The van der Waals surface area contributed by atoms with E-state index in [4.69, 9.17) is 0 Å². The minimum atomic E-state index is -0.280. The molecule has 0 aliphatic rings. The second-order valence-electron chi connectivity index (χ2n) is 4.20. The van der Waals surface area contributed by atoms with Gasteiger partial charge in [-0.05, 0) is 6.07 Å². The van der Waals surface area contributed by atoms with Gasteiger partial charge in [0.25, 0.3) is 5.91 Å². The molecule has 0 unspecified atom stereocenters. The molecule has 19 heavy (non-hydrogen) atoms. The van der Waals surface area contributed by atoms with E-state index < -0.39 is 0 Å². The maximum Gasteiger partial charge on any atom is 0.273 e. The smallest absolute Gasteiger partial charge is 0.273 e. The van der Waals surface area contributed by atoms with E-state index in [1.807, 2.05) is 14.1 Å². The number of carbonyl (C=O) groups excluding carboxylic acids is 1. The molecular formula is C11H15N7O. The van der Waals surface area contributed by atoms with Crippen molar-refractivity contribution < 1.29 is 4.79 Å². The van der Waals surface area contributed by atoms with Gasteiger partial charge < -0.3 is 10.2 Å². The quantitative estimate of drug-likeness (QED) is 0.805. The molecule has 2 heterocycles. The lowest BCUT2D eigenvalue weighted by Crippen LogP contribution is -2.24. The highest BCUT2D eigenvalue weighted by molar-refractivity contribution is 5.91. The minimum absolute atomic E-state index is 0.280. The fourth-order valence-corrected chi connectivity index (χ4v) is 1.41. The second-order valence-corrected chi connectivity index (χ2v) is 4.20. The lowest BCUT2D eigenvalue weighted by Gasteiger charge is -2.10. The zero-order valence-electron chi connectivity index (χ0n) is 11.0. The number of nitrogens with one attached hydrogen (secondary N) is 1. The number of hydrogen-bond acceptors (Lipinski definition) is 6. The van der Waals surface area contributed by atoms with Gasteiger partial charge in [0.1, 0.15) is 0 Å². The van der Waals surface area contributed by atoms with Gasteiger partial charge in [-0.25, -0.2) is 9.97 Å². The molecular weight excluding hydrogens is 246 g/mol. The molecule has 0 atom stereocenters. The van der Waals surface area contributed by atoms with Crippen LogP contribution in [-0.2, 0) is 13.6 Å². The van der Waals surface area contributed by atoms with Crippen LogP contribution in [-0.4, -0.2) is 45.0 Å². The number of nitrogens with zero attached hydrogens (tertiary/aromatic N) is 6. The Hall–Kier alpha value is -2.51. The van der Waals surface area contributed by atoms with E-state index in [0.29, 0.717) is 12.5 Å². The van der Waals surface area contributed by atoms with Crippen LogP contribution in [0.3, 0.4) is 0 Å². The predicted molar refractivity (Wildman–Crippen MR) is 68.5 cm³/mol. The van der Waals surface area contributed by atoms with E-state index in [2.05, 4.69) is 25.6 Å². The first-order valence-corrected chi connectivity index (χ1v) is 5.70. The molecule has 0 saturated heterocycles. The molecule has 100 valence electrons. The maximum absolute atomic E-state index is 11.8. The normalized spacial score (nSPS) is 10.3. The fourth-order valence-electron chi connectivity index (χ4n) is 1.41. The number of anilines is 1. The van der Waals surface area contributed by atoms with Crippen LogP contribution >= 0.6 is 0 Å². The summed E-state index contributed by atoms with van der Waals surface area (Å²) in [5.74, 6) is 0.323. The van der Waals surface area contributed by atoms with Crippen LogP contribution in [0.1, 0.15) is 16.2 Å². The fraction of sp³-hybridized carbons (Fsp3) is 0.364. The lowest BCUT2D eigenvalue weighted by molar-refractivity contribution is 0.0945. The highest BCUT2D eigenvalue weighted by Crippen LogP contribution is 2.03. The second kappa shape index (κ2) is 5.42. The Morgan fingerprint density at radius 1 is 1.47 bits per heavy atom. The van der Waals surface area contributed by atoms with Crippen LogP contribution in [0.15, 0.2) is 18.5 Å². The third-order valence-corrected chi connectivity index (χ3v) is 2.37. The zero-order chi connectivity index (χ0) is 13.8. The highest BCUT2D eigenvalue weighted by Gasteiger charge is 2.10. The Kier molecular flexibility index (Phi) is 3.69. The standard InChI is InChI=1S/C11H15N7O/c1-17(2)11-12-5-4-8(14-11)6-13-10(19)9-7-18(3)16-15-9/h4-5,7H,6H2,1-3H3,(H,13,19). The van der Waals surface area contributed by atoms with E-state index in [-0.39, 0.29) is 11.6 Å². The number of rotatable bonds is 4. The van der Waals surface area contributed by atoms with Gasteiger partial charge in [-0.2, -0.15) is 0 Å². The van der Waals surface area contributed by atoms with Crippen molar-refractivity contribution in [1.82, 2.24) is 30.3 Å². The summed E-state index contributed by atoms with van der Waals surface area (Å²) in [4.78, 5) is 22.0. The average Bonchev–Trinajstić information content (AvgIpc) is 2.83. The molecule has 8 nitrogen and oxygen atoms in total. The molecule has 0 aliphatic carbocycles. The van der Waals surface area contributed by atoms with Gasteiger partial charge in [-0.15, -0.1) is 5.10 Å². The summed E-state index contributed by atoms with van der Waals surface area (Å²) >= 11 is 0. The molecule has 0 radical (unpaired) electrons. The molecule has 0 aliphatic heterocycles. The molecule has 1 amide bonds. The molecule has 8 heteroatoms. The van der Waals surface area contributed by atoms with Crippen molar-refractivity contribution in [3.63, 3.8) is 0 Å². The third kappa shape index (κ3) is 3.24. The molecule has 0 aromatic carbocycles. The largest absolute Gasteiger partial charge is 0.347 e. The monoisotopic (exact) mass is 261 g/mol. The Morgan fingerprint density at radius 2 is 2.26 bits per heavy atom. The molecule has 2 aromatic heterocycles. The van der Waals surface area contributed by atoms with Crippen LogP contribution < -0.4 is 10.2 Å². The van der Waals surface area contributed by atoms with Crippen molar-refractivity contribution in [2.45, 2.75) is 6.54 Å². The van der Waals surface area contributed by atoms with Crippen molar-refractivity contribution >= 4 is 11.9 Å². The first-order chi connectivity index (χ1) is 9.06. The third-order valence-electron chi connectivity index (χ3n) is 2.37. The van der Waals surface area contributed by atoms with E-state index in [1.165, 1.54) is 4.68 Å². The molecule has 0 bridgehead atoms. The molecule has 0 saturated carbocycles. The van der Waals surface area contributed by atoms with Crippen molar-refractivity contribution in [1.29, 1.82) is 0 Å². The summed E-state index contributed by atoms with van der Waals surface area (Å²) in [6, 6.07) is 1.75. The van der Waals surface area contributed by atoms with E-state index in [9.17, 15) is 4.79 Å². The van der Waals surface area contributed by atoms with Crippen molar-refractivity contribution in [3.8, 4) is 0 Å². The first kappa shape index (κ1) is 12.9. The van der Waals surface area contributed by atoms with Crippen molar-refractivity contribution in [2.24, 2.45) is 7.05 Å². The van der Waals surface area contributed by atoms with E-state index in [0.717, 1.165) is 5.69 Å². The first-order valence-electron chi connectivity index (χ1n) is 5.70. The number of aryl methyl sites for hydroxylation is 1. The van der Waals surface area contributed by atoms with Gasteiger partial charge >= 0.3 is 0 Å². The average molecular weight is 261 g/mol. The molecule has 0 spiro atoms. The van der Waals surface area contributed by atoms with Gasteiger partial charge in [0, 0.05) is 27.3 Å². The van der Waals surface area contributed by atoms with Gasteiger partial charge in [-0.1, -0.05) is 5.21 Å². The van der Waals surface area contributed by atoms with E-state index in [1.54, 1.807) is 30.4 Å². The van der Waals surface area contributed by atoms with E-state index >= 15 is 0 Å². The SMILES string of the molecule is CN(C)c1nccc(CNC(=O)c2cn(C)nn2)n1. The van der Waals surface area contributed by atoms with Crippen LogP contribution in [0.2, 0.25) is 0 Å². The summed E-state index contributed by atoms with van der Waals surface area (Å²) in [6.07, 6.45) is 3.21.